The minimum Gasteiger partial charge on any atom is -0.481 e. The second-order valence-corrected chi connectivity index (χ2v) is 5.66. The summed E-state index contributed by atoms with van der Waals surface area (Å²) in [5.74, 6) is -0.881. The molecule has 0 aliphatic heterocycles. The molecular formula is C10H16N2O5S. The van der Waals surface area contributed by atoms with Gasteiger partial charge in [-0.2, -0.15) is 8.42 Å². The molecule has 1 atom stereocenters. The lowest BCUT2D eigenvalue weighted by molar-refractivity contribution is -0.136. The molecule has 0 bridgehead atoms. The van der Waals surface area contributed by atoms with Gasteiger partial charge in [-0.25, -0.2) is 4.98 Å². The van der Waals surface area contributed by atoms with Gasteiger partial charge in [-0.05, 0) is 13.3 Å². The van der Waals surface area contributed by atoms with Crippen LogP contribution in [0.4, 0.5) is 0 Å². The van der Waals surface area contributed by atoms with Gasteiger partial charge >= 0.3 is 5.97 Å². The van der Waals surface area contributed by atoms with Crippen LogP contribution >= 0.6 is 0 Å². The van der Waals surface area contributed by atoms with Gasteiger partial charge in [0.05, 0.1) is 5.69 Å². The van der Waals surface area contributed by atoms with Crippen molar-refractivity contribution in [2.45, 2.75) is 38.4 Å². The lowest BCUT2D eigenvalue weighted by atomic mass is 10.2. The Kier molecular flexibility index (Phi) is 4.47. The number of carbonyl (C=O) groups is 1. The largest absolute Gasteiger partial charge is 0.481 e. The first-order chi connectivity index (χ1) is 8.25. The maximum atomic E-state index is 11.3. The summed E-state index contributed by atoms with van der Waals surface area (Å²) in [6, 6.07) is 0. The standard InChI is InChI=1S/C10H16N2O5S/c1-3-4-7(18(15,16)17)10-6(2)11-8(12-10)5-9(13)14/h7H,3-5H2,1-2H3,(H,11,12)(H,13,14)(H,15,16,17). The maximum Gasteiger partial charge on any atom is 0.311 e. The Hall–Kier alpha value is -1.41. The number of hydrogen-bond acceptors (Lipinski definition) is 4. The van der Waals surface area contributed by atoms with Gasteiger partial charge in [0, 0.05) is 5.69 Å². The number of nitrogens with one attached hydrogen (secondary N) is 1. The number of hydrogen-bond donors (Lipinski definition) is 3. The van der Waals surface area contributed by atoms with Crippen LogP contribution in [0.3, 0.4) is 0 Å². The monoisotopic (exact) mass is 276 g/mol. The smallest absolute Gasteiger partial charge is 0.311 e. The molecule has 1 unspecified atom stereocenters. The van der Waals surface area contributed by atoms with Crippen LogP contribution in [0.15, 0.2) is 0 Å². The van der Waals surface area contributed by atoms with Crippen molar-refractivity contribution in [3.05, 3.63) is 17.2 Å². The van der Waals surface area contributed by atoms with E-state index in [2.05, 4.69) is 9.97 Å². The lowest BCUT2D eigenvalue weighted by Gasteiger charge is -2.10. The summed E-state index contributed by atoms with van der Waals surface area (Å²) in [4.78, 5) is 17.2. The van der Waals surface area contributed by atoms with Crippen molar-refractivity contribution in [2.24, 2.45) is 0 Å². The minimum atomic E-state index is -4.25. The van der Waals surface area contributed by atoms with Crippen molar-refractivity contribution in [1.29, 1.82) is 0 Å². The Morgan fingerprint density at radius 1 is 1.50 bits per heavy atom. The zero-order valence-corrected chi connectivity index (χ0v) is 11.0. The fourth-order valence-corrected chi connectivity index (χ4v) is 2.81. The van der Waals surface area contributed by atoms with E-state index in [0.717, 1.165) is 0 Å². The molecule has 0 saturated heterocycles. The normalized spacial score (nSPS) is 13.5. The SMILES string of the molecule is CCCC(c1nc(CC(=O)O)[nH]c1C)S(=O)(=O)O. The lowest BCUT2D eigenvalue weighted by Crippen LogP contribution is -2.13. The summed E-state index contributed by atoms with van der Waals surface area (Å²) in [5.41, 5.74) is 0.651. The predicted molar refractivity (Wildman–Crippen MR) is 63.9 cm³/mol. The molecule has 0 radical (unpaired) electrons. The first-order valence-electron chi connectivity index (χ1n) is 5.49. The molecule has 8 heteroatoms. The second kappa shape index (κ2) is 5.49. The van der Waals surface area contributed by atoms with Crippen LogP contribution in [0.1, 0.15) is 42.2 Å². The number of imidazole rings is 1. The molecule has 0 aliphatic carbocycles. The number of H-pyrrole nitrogens is 1. The fraction of sp³-hybridized carbons (Fsp3) is 0.600. The molecule has 1 aromatic heterocycles. The number of rotatable bonds is 6. The number of aliphatic carboxylic acids is 1. The van der Waals surface area contributed by atoms with Crippen LogP contribution in [0.25, 0.3) is 0 Å². The van der Waals surface area contributed by atoms with E-state index in [9.17, 15) is 17.8 Å². The summed E-state index contributed by atoms with van der Waals surface area (Å²) in [7, 11) is -4.25. The molecule has 1 heterocycles. The van der Waals surface area contributed by atoms with E-state index in [-0.39, 0.29) is 24.4 Å². The number of carboxylic acids is 1. The van der Waals surface area contributed by atoms with E-state index < -0.39 is 21.3 Å². The maximum absolute atomic E-state index is 11.3. The van der Waals surface area contributed by atoms with Crippen LogP contribution in [0, 0.1) is 6.92 Å². The Morgan fingerprint density at radius 3 is 2.56 bits per heavy atom. The Labute approximate surface area is 105 Å². The number of nitrogens with zero attached hydrogens (tertiary/aromatic N) is 1. The second-order valence-electron chi connectivity index (χ2n) is 4.06. The van der Waals surface area contributed by atoms with Crippen LogP contribution < -0.4 is 0 Å². The Morgan fingerprint density at radius 2 is 2.11 bits per heavy atom. The van der Waals surface area contributed by atoms with E-state index in [1.807, 2.05) is 0 Å². The van der Waals surface area contributed by atoms with Crippen LogP contribution in [-0.2, 0) is 21.3 Å². The Bertz CT molecular complexity index is 534. The minimum absolute atomic E-state index is 0.180. The van der Waals surface area contributed by atoms with Gasteiger partial charge in [0.25, 0.3) is 10.1 Å². The quantitative estimate of drug-likeness (QED) is 0.668. The van der Waals surface area contributed by atoms with Crippen LogP contribution in [0.5, 0.6) is 0 Å². The van der Waals surface area contributed by atoms with Gasteiger partial charge in [-0.15, -0.1) is 0 Å². The molecular weight excluding hydrogens is 260 g/mol. The first kappa shape index (κ1) is 14.7. The molecule has 3 N–H and O–H groups in total. The number of aryl methyl sites for hydroxylation is 1. The molecule has 1 rings (SSSR count). The number of aromatic amines is 1. The van der Waals surface area contributed by atoms with Gasteiger partial charge < -0.3 is 10.1 Å². The summed E-state index contributed by atoms with van der Waals surface area (Å²) >= 11 is 0. The van der Waals surface area contributed by atoms with Crippen molar-refractivity contribution >= 4 is 16.1 Å². The van der Waals surface area contributed by atoms with E-state index in [1.165, 1.54) is 0 Å². The topological polar surface area (TPSA) is 120 Å². The molecule has 0 amide bonds. The zero-order chi connectivity index (χ0) is 13.9. The highest BCUT2D eigenvalue weighted by molar-refractivity contribution is 7.86. The van der Waals surface area contributed by atoms with Crippen molar-refractivity contribution in [1.82, 2.24) is 9.97 Å². The van der Waals surface area contributed by atoms with E-state index in [4.69, 9.17) is 5.11 Å². The van der Waals surface area contributed by atoms with Gasteiger partial charge in [0.15, 0.2) is 0 Å². The molecule has 0 aliphatic rings. The summed E-state index contributed by atoms with van der Waals surface area (Å²) in [5, 5.41) is 7.53. The van der Waals surface area contributed by atoms with Gasteiger partial charge in [-0.3, -0.25) is 9.35 Å². The average molecular weight is 276 g/mol. The number of carboxylic acid groups (broad SMARTS) is 1. The Balaban J connectivity index is 3.13. The van der Waals surface area contributed by atoms with Crippen LogP contribution in [-0.4, -0.2) is 34.0 Å². The van der Waals surface area contributed by atoms with E-state index in [0.29, 0.717) is 12.1 Å². The van der Waals surface area contributed by atoms with Crippen LogP contribution in [0.2, 0.25) is 0 Å². The van der Waals surface area contributed by atoms with E-state index >= 15 is 0 Å². The predicted octanol–water partition coefficient (Wildman–Crippen LogP) is 1.07. The summed E-state index contributed by atoms with van der Waals surface area (Å²) in [6.45, 7) is 3.39. The molecule has 0 spiro atoms. The van der Waals surface area contributed by atoms with Crippen molar-refractivity contribution < 1.29 is 22.9 Å². The van der Waals surface area contributed by atoms with Crippen molar-refractivity contribution in [3.63, 3.8) is 0 Å². The van der Waals surface area contributed by atoms with Gasteiger partial charge in [-0.1, -0.05) is 13.3 Å². The molecule has 18 heavy (non-hydrogen) atoms. The van der Waals surface area contributed by atoms with Crippen molar-refractivity contribution in [2.75, 3.05) is 0 Å². The third-order valence-electron chi connectivity index (χ3n) is 2.51. The summed E-state index contributed by atoms with van der Waals surface area (Å²) < 4.78 is 31.8. The average Bonchev–Trinajstić information content (AvgIpc) is 2.52. The highest BCUT2D eigenvalue weighted by Gasteiger charge is 2.28. The molecule has 0 fully saturated rings. The van der Waals surface area contributed by atoms with E-state index in [1.54, 1.807) is 13.8 Å². The highest BCUT2D eigenvalue weighted by atomic mass is 32.2. The summed E-state index contributed by atoms with van der Waals surface area (Å²) in [6.07, 6.45) is 0.479. The number of aromatic nitrogens is 2. The molecule has 102 valence electrons. The van der Waals surface area contributed by atoms with Gasteiger partial charge in [0.1, 0.15) is 17.5 Å². The highest BCUT2D eigenvalue weighted by Crippen LogP contribution is 2.27. The first-order valence-corrected chi connectivity index (χ1v) is 6.99. The van der Waals surface area contributed by atoms with Crippen molar-refractivity contribution in [3.8, 4) is 0 Å². The zero-order valence-electron chi connectivity index (χ0n) is 10.2. The molecule has 0 aromatic carbocycles. The third-order valence-corrected chi connectivity index (χ3v) is 3.68. The van der Waals surface area contributed by atoms with Gasteiger partial charge in [0.2, 0.25) is 0 Å². The molecule has 7 nitrogen and oxygen atoms in total. The fourth-order valence-electron chi connectivity index (χ4n) is 1.77. The molecule has 0 saturated carbocycles. The molecule has 1 aromatic rings. The third kappa shape index (κ3) is 3.54.